The summed E-state index contributed by atoms with van der Waals surface area (Å²) in [6.45, 7) is 0.675. The van der Waals surface area contributed by atoms with Crippen molar-refractivity contribution in [2.24, 2.45) is 17.8 Å². The minimum Gasteiger partial charge on any atom is -0.354 e. The van der Waals surface area contributed by atoms with Gasteiger partial charge < -0.3 is 5.32 Å². The summed E-state index contributed by atoms with van der Waals surface area (Å²) in [6.07, 6.45) is 10.2. The minimum absolute atomic E-state index is 0.0206. The fourth-order valence-electron chi connectivity index (χ4n) is 6.78. The van der Waals surface area contributed by atoms with Gasteiger partial charge in [0.25, 0.3) is 5.91 Å². The fraction of sp³-hybridized carbons (Fsp3) is 0.500. The summed E-state index contributed by atoms with van der Waals surface area (Å²) >= 11 is 3.58. The van der Waals surface area contributed by atoms with Gasteiger partial charge in [0.15, 0.2) is 0 Å². The number of para-hydroxylation sites is 1. The summed E-state index contributed by atoms with van der Waals surface area (Å²) in [6, 6.07) is 11.3. The van der Waals surface area contributed by atoms with Crippen molar-refractivity contribution in [1.29, 1.82) is 0 Å². The molecule has 5 aliphatic rings. The van der Waals surface area contributed by atoms with Crippen LogP contribution in [0.15, 0.2) is 52.5 Å². The molecule has 2 amide bonds. The van der Waals surface area contributed by atoms with E-state index in [1.54, 1.807) is 23.2 Å². The Kier molecular flexibility index (Phi) is 5.65. The van der Waals surface area contributed by atoms with Crippen LogP contribution in [0.1, 0.15) is 48.9 Å². The molecule has 2 heterocycles. The van der Waals surface area contributed by atoms with Crippen molar-refractivity contribution in [3.63, 3.8) is 0 Å². The van der Waals surface area contributed by atoms with Gasteiger partial charge in [-0.2, -0.15) is 11.8 Å². The molecule has 1 N–H and O–H groups in total. The quantitative estimate of drug-likeness (QED) is 0.590. The van der Waals surface area contributed by atoms with Crippen LogP contribution in [0.3, 0.4) is 0 Å². The van der Waals surface area contributed by atoms with Crippen molar-refractivity contribution in [3.05, 3.63) is 48.2 Å². The van der Waals surface area contributed by atoms with Crippen LogP contribution in [0.4, 0.5) is 5.69 Å². The van der Waals surface area contributed by atoms with Crippen molar-refractivity contribution in [2.45, 2.75) is 53.2 Å². The monoisotopic (exact) mass is 479 g/mol. The van der Waals surface area contributed by atoms with E-state index in [1.807, 2.05) is 24.3 Å². The molecule has 5 nitrogen and oxygen atoms in total. The van der Waals surface area contributed by atoms with Crippen LogP contribution in [0.2, 0.25) is 0 Å². The first kappa shape index (κ1) is 21.5. The van der Waals surface area contributed by atoms with Crippen molar-refractivity contribution in [1.82, 2.24) is 10.3 Å². The second kappa shape index (κ2) is 8.66. The Balaban J connectivity index is 1.09. The average molecular weight is 480 g/mol. The SMILES string of the molecule is O=C(CN1C(=O)c2cccnc2Sc2ccccc21)NCCSC12CC3CC(CC(C3)C1)C2. The molecule has 7 heteroatoms. The third-order valence-corrected chi connectivity index (χ3v) is 10.3. The van der Waals surface area contributed by atoms with Crippen LogP contribution in [0, 0.1) is 17.8 Å². The highest BCUT2D eigenvalue weighted by Crippen LogP contribution is 2.60. The number of amides is 2. The fourth-order valence-corrected chi connectivity index (χ4v) is 9.50. The van der Waals surface area contributed by atoms with E-state index < -0.39 is 0 Å². The maximum absolute atomic E-state index is 13.3. The zero-order valence-corrected chi connectivity index (χ0v) is 20.3. The van der Waals surface area contributed by atoms with Crippen LogP contribution >= 0.6 is 23.5 Å². The van der Waals surface area contributed by atoms with E-state index in [4.69, 9.17) is 0 Å². The molecule has 0 unspecified atom stereocenters. The largest absolute Gasteiger partial charge is 0.354 e. The lowest BCUT2D eigenvalue weighted by molar-refractivity contribution is -0.119. The molecule has 4 aliphatic carbocycles. The van der Waals surface area contributed by atoms with E-state index in [0.29, 0.717) is 21.9 Å². The summed E-state index contributed by atoms with van der Waals surface area (Å²) in [5, 5.41) is 3.77. The number of carbonyl (C=O) groups excluding carboxylic acids is 2. The van der Waals surface area contributed by atoms with Gasteiger partial charge in [-0.05, 0) is 80.5 Å². The summed E-state index contributed by atoms with van der Waals surface area (Å²) in [7, 11) is 0. The Morgan fingerprint density at radius 3 is 2.58 bits per heavy atom. The van der Waals surface area contributed by atoms with Gasteiger partial charge in [-0.25, -0.2) is 4.98 Å². The third-order valence-electron chi connectivity index (χ3n) is 7.73. The molecule has 0 radical (unpaired) electrons. The number of thioether (sulfide) groups is 1. The number of hydrogen-bond donors (Lipinski definition) is 1. The van der Waals surface area contributed by atoms with Crippen LogP contribution < -0.4 is 10.2 Å². The summed E-state index contributed by atoms with van der Waals surface area (Å²) in [5.41, 5.74) is 1.31. The van der Waals surface area contributed by atoms with Crippen molar-refractivity contribution in [2.75, 3.05) is 23.7 Å². The molecule has 2 aromatic rings. The highest BCUT2D eigenvalue weighted by molar-refractivity contribution is 8.00. The van der Waals surface area contributed by atoms with Crippen molar-refractivity contribution < 1.29 is 9.59 Å². The van der Waals surface area contributed by atoms with Gasteiger partial charge in [-0.3, -0.25) is 14.5 Å². The molecule has 4 fully saturated rings. The number of pyridine rings is 1. The number of hydrogen-bond acceptors (Lipinski definition) is 5. The van der Waals surface area contributed by atoms with Crippen LogP contribution in [-0.2, 0) is 4.79 Å². The lowest BCUT2D eigenvalue weighted by atomic mass is 9.56. The molecule has 4 bridgehead atoms. The van der Waals surface area contributed by atoms with Gasteiger partial charge in [0.1, 0.15) is 11.6 Å². The predicted octanol–water partition coefficient (Wildman–Crippen LogP) is 5.01. The molecule has 172 valence electrons. The Labute approximate surface area is 203 Å². The second-order valence-electron chi connectivity index (χ2n) is 10.1. The number of fused-ring (bicyclic) bond motifs is 2. The van der Waals surface area contributed by atoms with Gasteiger partial charge in [-0.1, -0.05) is 23.9 Å². The molecule has 0 atom stereocenters. The van der Waals surface area contributed by atoms with E-state index >= 15 is 0 Å². The smallest absolute Gasteiger partial charge is 0.261 e. The highest BCUT2D eigenvalue weighted by atomic mass is 32.2. The molecule has 1 aromatic carbocycles. The zero-order valence-electron chi connectivity index (χ0n) is 18.7. The molecule has 0 saturated heterocycles. The number of benzene rings is 1. The molecule has 4 saturated carbocycles. The number of rotatable bonds is 6. The zero-order chi connectivity index (χ0) is 22.4. The molecule has 33 heavy (non-hydrogen) atoms. The number of aromatic nitrogens is 1. The normalized spacial score (nSPS) is 29.4. The second-order valence-corrected chi connectivity index (χ2v) is 12.7. The van der Waals surface area contributed by atoms with Crippen LogP contribution in [0.5, 0.6) is 0 Å². The van der Waals surface area contributed by atoms with Gasteiger partial charge >= 0.3 is 0 Å². The molecular formula is C26H29N3O2S2. The van der Waals surface area contributed by atoms with Crippen LogP contribution in [-0.4, -0.2) is 40.4 Å². The first-order chi connectivity index (χ1) is 16.1. The van der Waals surface area contributed by atoms with Crippen molar-refractivity contribution >= 4 is 41.0 Å². The van der Waals surface area contributed by atoms with E-state index in [2.05, 4.69) is 22.1 Å². The van der Waals surface area contributed by atoms with E-state index in [9.17, 15) is 9.59 Å². The van der Waals surface area contributed by atoms with Gasteiger partial charge in [0.2, 0.25) is 5.91 Å². The van der Waals surface area contributed by atoms with E-state index in [-0.39, 0.29) is 18.4 Å². The van der Waals surface area contributed by atoms with E-state index in [0.717, 1.165) is 34.1 Å². The molecular weight excluding hydrogens is 450 g/mol. The Bertz CT molecular complexity index is 1050. The average Bonchev–Trinajstić information content (AvgIpc) is 2.91. The van der Waals surface area contributed by atoms with Gasteiger partial charge in [0, 0.05) is 28.1 Å². The lowest BCUT2D eigenvalue weighted by Crippen LogP contribution is -2.49. The van der Waals surface area contributed by atoms with Gasteiger partial charge in [0.05, 0.1) is 11.3 Å². The maximum atomic E-state index is 13.3. The molecule has 7 rings (SSSR count). The molecule has 1 aliphatic heterocycles. The maximum Gasteiger partial charge on any atom is 0.261 e. The Morgan fingerprint density at radius 1 is 1.09 bits per heavy atom. The topological polar surface area (TPSA) is 62.3 Å². The first-order valence-corrected chi connectivity index (χ1v) is 13.8. The summed E-state index contributed by atoms with van der Waals surface area (Å²) < 4.78 is 0.465. The standard InChI is InChI=1S/C26H29N3O2S2/c30-23(27-8-9-32-26-13-17-10-18(14-26)12-19(11-17)15-26)16-29-21-5-1-2-6-22(21)33-24-20(25(29)31)4-3-7-28-24/h1-7,17-19H,8-16H2,(H,27,30). The lowest BCUT2D eigenvalue weighted by Gasteiger charge is -2.56. The predicted molar refractivity (Wildman–Crippen MR) is 133 cm³/mol. The van der Waals surface area contributed by atoms with Gasteiger partial charge in [-0.15, -0.1) is 0 Å². The molecule has 0 spiro atoms. The first-order valence-electron chi connectivity index (χ1n) is 12.0. The Morgan fingerprint density at radius 2 is 1.82 bits per heavy atom. The van der Waals surface area contributed by atoms with Crippen LogP contribution in [0.25, 0.3) is 0 Å². The molecule has 1 aromatic heterocycles. The van der Waals surface area contributed by atoms with E-state index in [1.165, 1.54) is 50.3 Å². The summed E-state index contributed by atoms with van der Waals surface area (Å²) in [4.78, 5) is 33.1. The number of carbonyl (C=O) groups is 2. The third kappa shape index (κ3) is 4.18. The number of anilines is 1. The number of nitrogens with one attached hydrogen (secondary N) is 1. The number of nitrogens with zero attached hydrogens (tertiary/aromatic N) is 2. The minimum atomic E-state index is -0.173. The summed E-state index contributed by atoms with van der Waals surface area (Å²) in [5.74, 6) is 3.51. The highest BCUT2D eigenvalue weighted by Gasteiger charge is 2.50. The van der Waals surface area contributed by atoms with Crippen molar-refractivity contribution in [3.8, 4) is 0 Å². The Hall–Kier alpha value is -1.99.